The first kappa shape index (κ1) is 14.4. The number of nitrogens with zero attached hydrogens (tertiary/aromatic N) is 1. The molecular formula is C13H15N5O3. The smallest absolute Gasteiger partial charge is 0.352 e. The molecule has 2 aromatic rings. The van der Waals surface area contributed by atoms with Gasteiger partial charge in [-0.2, -0.15) is 0 Å². The van der Waals surface area contributed by atoms with Gasteiger partial charge in [0.2, 0.25) is 11.9 Å². The van der Waals surface area contributed by atoms with E-state index in [0.717, 1.165) is 5.01 Å². The van der Waals surface area contributed by atoms with Gasteiger partial charge in [0.25, 0.3) is 0 Å². The van der Waals surface area contributed by atoms with Crippen molar-refractivity contribution in [3.8, 4) is 0 Å². The van der Waals surface area contributed by atoms with Crippen molar-refractivity contribution in [3.05, 3.63) is 30.0 Å². The number of carboxylic acid groups (broad SMARTS) is 1. The number of hydrogen-bond acceptors (Lipinski definition) is 3. The monoisotopic (exact) mass is 289 g/mol. The lowest BCUT2D eigenvalue weighted by Crippen LogP contribution is -2.49. The molecule has 0 atom stereocenters. The first-order valence-corrected chi connectivity index (χ1v) is 6.22. The number of benzene rings is 1. The molecule has 0 unspecified atom stereocenters. The van der Waals surface area contributed by atoms with Crippen molar-refractivity contribution in [2.24, 2.45) is 5.73 Å². The van der Waals surface area contributed by atoms with Crippen molar-refractivity contribution in [1.82, 2.24) is 10.4 Å². The minimum atomic E-state index is -1.06. The Morgan fingerprint density at radius 1 is 1.43 bits per heavy atom. The zero-order valence-electron chi connectivity index (χ0n) is 11.3. The summed E-state index contributed by atoms with van der Waals surface area (Å²) in [6.45, 7) is 1.69. The molecule has 0 bridgehead atoms. The van der Waals surface area contributed by atoms with E-state index in [1.54, 1.807) is 25.1 Å². The topological polar surface area (TPSA) is 135 Å². The molecule has 0 aliphatic rings. The Labute approximate surface area is 120 Å². The normalized spacial score (nSPS) is 10.3. The highest BCUT2D eigenvalue weighted by Crippen LogP contribution is 2.22. The van der Waals surface area contributed by atoms with Crippen molar-refractivity contribution < 1.29 is 14.7 Å². The van der Waals surface area contributed by atoms with Crippen molar-refractivity contribution in [2.75, 3.05) is 5.01 Å². The quantitative estimate of drug-likeness (QED) is 0.326. The number of anilines is 1. The zero-order chi connectivity index (χ0) is 15.6. The fraction of sp³-hybridized carbons (Fsp3) is 0.154. The summed E-state index contributed by atoms with van der Waals surface area (Å²) in [6.07, 6.45) is 0.228. The Kier molecular flexibility index (Phi) is 3.79. The van der Waals surface area contributed by atoms with E-state index in [1.165, 1.54) is 6.07 Å². The van der Waals surface area contributed by atoms with E-state index in [2.05, 4.69) is 10.4 Å². The first-order valence-electron chi connectivity index (χ1n) is 6.22. The molecule has 0 aliphatic carbocycles. The number of hydrogen-bond donors (Lipinski definition) is 5. The number of guanidine groups is 1. The van der Waals surface area contributed by atoms with Crippen LogP contribution in [0.2, 0.25) is 0 Å². The molecule has 8 nitrogen and oxygen atoms in total. The molecule has 0 saturated heterocycles. The highest BCUT2D eigenvalue weighted by atomic mass is 16.4. The SMILES string of the molecule is CCC(=O)N(NC(=N)N)c1ccc2[nH]c(C(=O)O)cc2c1. The second-order valence-corrected chi connectivity index (χ2v) is 4.37. The lowest BCUT2D eigenvalue weighted by Gasteiger charge is -2.22. The van der Waals surface area contributed by atoms with Gasteiger partial charge in [-0.25, -0.2) is 9.80 Å². The van der Waals surface area contributed by atoms with Gasteiger partial charge in [0.15, 0.2) is 0 Å². The second kappa shape index (κ2) is 5.53. The fourth-order valence-corrected chi connectivity index (χ4v) is 1.92. The molecule has 2 rings (SSSR count). The van der Waals surface area contributed by atoms with E-state index in [-0.39, 0.29) is 24.0 Å². The maximum atomic E-state index is 11.9. The number of carbonyl (C=O) groups excluding carboxylic acids is 1. The number of hydrazine groups is 1. The minimum Gasteiger partial charge on any atom is -0.477 e. The molecule has 0 saturated carbocycles. The molecular weight excluding hydrogens is 274 g/mol. The van der Waals surface area contributed by atoms with E-state index >= 15 is 0 Å². The van der Waals surface area contributed by atoms with Crippen LogP contribution >= 0.6 is 0 Å². The number of rotatable bonds is 3. The standard InChI is InChI=1S/C13H15N5O3/c1-2-11(19)18(17-13(14)15)8-3-4-9-7(5-8)6-10(16-9)12(20)21/h3-6,16H,2H2,1H3,(H,20,21)(H4,14,15,17). The van der Waals surface area contributed by atoms with Gasteiger partial charge >= 0.3 is 5.97 Å². The highest BCUT2D eigenvalue weighted by molar-refractivity contribution is 5.99. The minimum absolute atomic E-state index is 0.0649. The molecule has 0 aliphatic heterocycles. The number of carboxylic acids is 1. The molecule has 8 heteroatoms. The summed E-state index contributed by atoms with van der Waals surface area (Å²) in [5, 5.41) is 18.0. The number of nitrogens with two attached hydrogens (primary N) is 1. The van der Waals surface area contributed by atoms with Crippen LogP contribution in [-0.2, 0) is 4.79 Å². The molecule has 110 valence electrons. The predicted octanol–water partition coefficient (Wildman–Crippen LogP) is 1.01. The number of amides is 1. The van der Waals surface area contributed by atoms with Gasteiger partial charge in [0.1, 0.15) is 5.69 Å². The molecule has 0 fully saturated rings. The van der Waals surface area contributed by atoms with Crippen LogP contribution in [0.1, 0.15) is 23.8 Å². The van der Waals surface area contributed by atoms with E-state index < -0.39 is 5.97 Å². The van der Waals surface area contributed by atoms with E-state index in [4.69, 9.17) is 16.2 Å². The largest absolute Gasteiger partial charge is 0.477 e. The van der Waals surface area contributed by atoms with Crippen LogP contribution < -0.4 is 16.2 Å². The number of carbonyl (C=O) groups is 2. The highest BCUT2D eigenvalue weighted by Gasteiger charge is 2.16. The maximum absolute atomic E-state index is 11.9. The van der Waals surface area contributed by atoms with Crippen molar-refractivity contribution >= 4 is 34.4 Å². The van der Waals surface area contributed by atoms with Crippen molar-refractivity contribution in [1.29, 1.82) is 5.41 Å². The maximum Gasteiger partial charge on any atom is 0.352 e. The van der Waals surface area contributed by atoms with Crippen LogP contribution in [0.5, 0.6) is 0 Å². The fourth-order valence-electron chi connectivity index (χ4n) is 1.92. The molecule has 0 radical (unpaired) electrons. The van der Waals surface area contributed by atoms with Crippen LogP contribution in [0.4, 0.5) is 5.69 Å². The summed E-state index contributed by atoms with van der Waals surface area (Å²) >= 11 is 0. The third-order valence-electron chi connectivity index (χ3n) is 2.88. The van der Waals surface area contributed by atoms with Crippen LogP contribution in [0, 0.1) is 5.41 Å². The van der Waals surface area contributed by atoms with E-state index in [0.29, 0.717) is 16.6 Å². The van der Waals surface area contributed by atoms with Crippen LogP contribution in [0.15, 0.2) is 24.3 Å². The Bertz CT molecular complexity index is 722. The molecule has 1 amide bonds. The molecule has 21 heavy (non-hydrogen) atoms. The molecule has 1 aromatic heterocycles. The summed E-state index contributed by atoms with van der Waals surface area (Å²) in [4.78, 5) is 25.6. The Hall–Kier alpha value is -3.03. The third kappa shape index (κ3) is 2.94. The molecule has 1 aromatic carbocycles. The van der Waals surface area contributed by atoms with Gasteiger partial charge in [-0.15, -0.1) is 0 Å². The third-order valence-corrected chi connectivity index (χ3v) is 2.88. The number of aromatic amines is 1. The Balaban J connectivity index is 2.45. The Morgan fingerprint density at radius 2 is 2.14 bits per heavy atom. The van der Waals surface area contributed by atoms with Gasteiger partial charge < -0.3 is 15.8 Å². The van der Waals surface area contributed by atoms with Gasteiger partial charge in [0.05, 0.1) is 5.69 Å². The average molecular weight is 289 g/mol. The summed E-state index contributed by atoms with van der Waals surface area (Å²) in [5.41, 5.74) is 8.91. The van der Waals surface area contributed by atoms with Crippen LogP contribution in [0.3, 0.4) is 0 Å². The van der Waals surface area contributed by atoms with Gasteiger partial charge in [-0.1, -0.05) is 6.92 Å². The molecule has 1 heterocycles. The van der Waals surface area contributed by atoms with Gasteiger partial charge in [0, 0.05) is 17.3 Å². The summed E-state index contributed by atoms with van der Waals surface area (Å²) in [5.74, 6) is -1.69. The van der Waals surface area contributed by atoms with E-state index in [1.807, 2.05) is 0 Å². The van der Waals surface area contributed by atoms with Crippen molar-refractivity contribution in [3.63, 3.8) is 0 Å². The Morgan fingerprint density at radius 3 is 2.71 bits per heavy atom. The van der Waals surface area contributed by atoms with Gasteiger partial charge in [-0.3, -0.25) is 15.6 Å². The zero-order valence-corrected chi connectivity index (χ0v) is 11.3. The van der Waals surface area contributed by atoms with Crippen molar-refractivity contribution in [2.45, 2.75) is 13.3 Å². The van der Waals surface area contributed by atoms with E-state index in [9.17, 15) is 9.59 Å². The van der Waals surface area contributed by atoms with Crippen LogP contribution in [0.25, 0.3) is 10.9 Å². The average Bonchev–Trinajstić information content (AvgIpc) is 2.86. The predicted molar refractivity (Wildman–Crippen MR) is 78.1 cm³/mol. The molecule has 6 N–H and O–H groups in total. The number of nitrogens with one attached hydrogen (secondary N) is 3. The summed E-state index contributed by atoms with van der Waals surface area (Å²) < 4.78 is 0. The lowest BCUT2D eigenvalue weighted by atomic mass is 10.2. The number of fused-ring (bicyclic) bond motifs is 1. The number of H-pyrrole nitrogens is 1. The van der Waals surface area contributed by atoms with Gasteiger partial charge in [-0.05, 0) is 24.3 Å². The molecule has 0 spiro atoms. The second-order valence-electron chi connectivity index (χ2n) is 4.37. The first-order chi connectivity index (χ1) is 9.92. The number of aromatic nitrogens is 1. The summed E-state index contributed by atoms with van der Waals surface area (Å²) in [7, 11) is 0. The summed E-state index contributed by atoms with van der Waals surface area (Å²) in [6, 6.07) is 6.41. The number of aromatic carboxylic acids is 1. The van der Waals surface area contributed by atoms with Crippen LogP contribution in [-0.4, -0.2) is 27.9 Å². The lowest BCUT2D eigenvalue weighted by molar-refractivity contribution is -0.118.